The predicted octanol–water partition coefficient (Wildman–Crippen LogP) is 3.69. The normalized spacial score (nSPS) is 22.8. The number of amides is 2. The molecule has 1 spiro atoms. The van der Waals surface area contributed by atoms with Crippen LogP contribution in [0.25, 0.3) is 0 Å². The largest absolute Gasteiger partial charge is 0.370 e. The molecule has 2 amide bonds. The number of likely N-dealkylation sites (tertiary alicyclic amines) is 2. The van der Waals surface area contributed by atoms with E-state index >= 15 is 0 Å². The molecule has 1 aromatic heterocycles. The Balaban J connectivity index is 1.18. The maximum atomic E-state index is 13.0. The van der Waals surface area contributed by atoms with Gasteiger partial charge in [-0.3, -0.25) is 9.69 Å². The number of hydrogen-bond donors (Lipinski definition) is 0. The summed E-state index contributed by atoms with van der Waals surface area (Å²) < 4.78 is 1.35. The van der Waals surface area contributed by atoms with Gasteiger partial charge in [0.25, 0.3) is 0 Å². The predicted molar refractivity (Wildman–Crippen MR) is 134 cm³/mol. The van der Waals surface area contributed by atoms with Crippen LogP contribution in [0.15, 0.2) is 30.6 Å². The molecule has 2 aromatic rings. The van der Waals surface area contributed by atoms with E-state index in [9.17, 15) is 9.59 Å². The molecule has 182 valence electrons. The molecule has 3 fully saturated rings. The third-order valence-corrected chi connectivity index (χ3v) is 8.02. The summed E-state index contributed by atoms with van der Waals surface area (Å²) in [6, 6.07) is 6.38. The van der Waals surface area contributed by atoms with Gasteiger partial charge in [0.05, 0.1) is 28.8 Å². The molecule has 0 saturated carbocycles. The first kappa shape index (κ1) is 23.2. The van der Waals surface area contributed by atoms with Gasteiger partial charge in [0, 0.05) is 58.7 Å². The first-order valence-electron chi connectivity index (χ1n) is 12.2. The fraction of sp³-hybridized carbons (Fsp3) is 0.560. The summed E-state index contributed by atoms with van der Waals surface area (Å²) >= 11 is 6.63. The number of nitrogens with zero attached hydrogens (tertiary/aromatic N) is 6. The van der Waals surface area contributed by atoms with E-state index in [-0.39, 0.29) is 17.4 Å². The van der Waals surface area contributed by atoms with Crippen LogP contribution >= 0.6 is 11.6 Å². The molecule has 3 saturated heterocycles. The molecule has 0 radical (unpaired) electrons. The first-order valence-corrected chi connectivity index (χ1v) is 12.6. The average molecular weight is 485 g/mol. The summed E-state index contributed by atoms with van der Waals surface area (Å²) in [6.07, 6.45) is 7.77. The van der Waals surface area contributed by atoms with Gasteiger partial charge in [0.2, 0.25) is 5.91 Å². The number of carbonyl (C=O) groups is 2. The van der Waals surface area contributed by atoms with E-state index in [1.165, 1.54) is 34.9 Å². The fourth-order valence-electron chi connectivity index (χ4n) is 5.63. The van der Waals surface area contributed by atoms with Crippen molar-refractivity contribution in [3.63, 3.8) is 0 Å². The summed E-state index contributed by atoms with van der Waals surface area (Å²) in [5.41, 5.74) is 3.16. The smallest absolute Gasteiger partial charge is 0.344 e. The topological polar surface area (TPSA) is 64.9 Å². The molecule has 1 atom stereocenters. The second kappa shape index (κ2) is 9.23. The van der Waals surface area contributed by atoms with Crippen molar-refractivity contribution in [1.82, 2.24) is 19.6 Å². The van der Waals surface area contributed by atoms with Gasteiger partial charge in [-0.25, -0.2) is 4.79 Å². The van der Waals surface area contributed by atoms with E-state index in [0.29, 0.717) is 5.69 Å². The molecule has 4 heterocycles. The second-order valence-electron chi connectivity index (χ2n) is 10.1. The number of hydrogen-bond acceptors (Lipinski definition) is 5. The highest BCUT2D eigenvalue weighted by Crippen LogP contribution is 2.40. The van der Waals surface area contributed by atoms with Crippen LogP contribution in [0.3, 0.4) is 0 Å². The zero-order chi connectivity index (χ0) is 23.9. The van der Waals surface area contributed by atoms with E-state index < -0.39 is 0 Å². The Hall–Kier alpha value is -2.58. The molecule has 3 aliphatic rings. The zero-order valence-corrected chi connectivity index (χ0v) is 20.8. The average Bonchev–Trinajstić information content (AvgIpc) is 3.62. The van der Waals surface area contributed by atoms with Crippen LogP contribution in [0.2, 0.25) is 5.02 Å². The van der Waals surface area contributed by atoms with Crippen molar-refractivity contribution in [3.8, 4) is 0 Å². The van der Waals surface area contributed by atoms with Crippen molar-refractivity contribution in [2.75, 3.05) is 56.1 Å². The Kier molecular flexibility index (Phi) is 6.29. The number of aromatic nitrogens is 2. The third kappa shape index (κ3) is 4.53. The fourth-order valence-corrected chi connectivity index (χ4v) is 5.96. The molecule has 34 heavy (non-hydrogen) atoms. The second-order valence-corrected chi connectivity index (χ2v) is 10.5. The number of rotatable bonds is 4. The molecular weight excluding hydrogens is 452 g/mol. The summed E-state index contributed by atoms with van der Waals surface area (Å²) in [5.74, 6) is -0.0925. The molecule has 0 N–H and O–H groups in total. The van der Waals surface area contributed by atoms with Crippen LogP contribution in [-0.2, 0) is 11.3 Å². The quantitative estimate of drug-likeness (QED) is 0.662. The summed E-state index contributed by atoms with van der Waals surface area (Å²) in [5, 5.41) is 5.05. The van der Waals surface area contributed by atoms with Crippen LogP contribution in [0.5, 0.6) is 0 Å². The van der Waals surface area contributed by atoms with E-state index in [2.05, 4.69) is 33.1 Å². The van der Waals surface area contributed by atoms with E-state index in [4.69, 9.17) is 11.6 Å². The highest BCUT2D eigenvalue weighted by Gasteiger charge is 2.45. The van der Waals surface area contributed by atoms with Crippen molar-refractivity contribution < 1.29 is 9.59 Å². The highest BCUT2D eigenvalue weighted by molar-refractivity contribution is 6.33. The minimum atomic E-state index is -0.122. The minimum absolute atomic E-state index is 0.0925. The monoisotopic (exact) mass is 484 g/mol. The van der Waals surface area contributed by atoms with Gasteiger partial charge in [-0.2, -0.15) is 9.78 Å². The number of anilines is 2. The van der Waals surface area contributed by atoms with Crippen molar-refractivity contribution >= 4 is 34.9 Å². The van der Waals surface area contributed by atoms with Gasteiger partial charge in [0.15, 0.2) is 0 Å². The SMILES string of the molecule is CC(=O)N(C)c1cnn(C(=O)N2CCC3(CCN(Cc4ccc(N5CCCC5)c(Cl)c4)C3)C2)c1. The van der Waals surface area contributed by atoms with Gasteiger partial charge in [-0.05, 0) is 49.9 Å². The van der Waals surface area contributed by atoms with Gasteiger partial charge in [-0.15, -0.1) is 0 Å². The standard InChI is InChI=1S/C25H33ClN6O2/c1-19(33)28(2)21-14-27-32(16-21)24(34)31-12-8-25(18-31)7-11-29(17-25)15-20-5-6-23(22(26)13-20)30-9-3-4-10-30/h5-6,13-14,16H,3-4,7-12,15,17-18H2,1-2H3. The van der Waals surface area contributed by atoms with Crippen molar-refractivity contribution in [1.29, 1.82) is 0 Å². The molecule has 1 aromatic carbocycles. The number of halogens is 1. The van der Waals surface area contributed by atoms with Crippen LogP contribution in [0, 0.1) is 5.41 Å². The molecule has 8 nitrogen and oxygen atoms in total. The molecule has 0 bridgehead atoms. The maximum absolute atomic E-state index is 13.0. The van der Waals surface area contributed by atoms with Gasteiger partial charge >= 0.3 is 6.03 Å². The van der Waals surface area contributed by atoms with E-state index in [1.54, 1.807) is 19.4 Å². The lowest BCUT2D eigenvalue weighted by atomic mass is 9.86. The summed E-state index contributed by atoms with van der Waals surface area (Å²) in [7, 11) is 1.68. The maximum Gasteiger partial charge on any atom is 0.344 e. The summed E-state index contributed by atoms with van der Waals surface area (Å²) in [6.45, 7) is 8.06. The Morgan fingerprint density at radius 3 is 2.62 bits per heavy atom. The van der Waals surface area contributed by atoms with Crippen LogP contribution in [0.4, 0.5) is 16.2 Å². The molecule has 9 heteroatoms. The van der Waals surface area contributed by atoms with E-state index in [1.807, 2.05) is 4.90 Å². The zero-order valence-electron chi connectivity index (χ0n) is 20.0. The van der Waals surface area contributed by atoms with E-state index in [0.717, 1.165) is 69.4 Å². The number of carbonyl (C=O) groups excluding carboxylic acids is 2. The lowest BCUT2D eigenvalue weighted by molar-refractivity contribution is -0.116. The lowest BCUT2D eigenvalue weighted by Gasteiger charge is -2.25. The highest BCUT2D eigenvalue weighted by atomic mass is 35.5. The van der Waals surface area contributed by atoms with Gasteiger partial charge in [0.1, 0.15) is 0 Å². The molecule has 3 aliphatic heterocycles. The third-order valence-electron chi connectivity index (χ3n) is 7.72. The van der Waals surface area contributed by atoms with Crippen molar-refractivity contribution in [3.05, 3.63) is 41.2 Å². The van der Waals surface area contributed by atoms with Gasteiger partial charge < -0.3 is 14.7 Å². The first-order chi connectivity index (χ1) is 16.3. The molecule has 0 aliphatic carbocycles. The summed E-state index contributed by atoms with van der Waals surface area (Å²) in [4.78, 5) is 32.9. The molecule has 1 unspecified atom stereocenters. The Labute approximate surface area is 206 Å². The Morgan fingerprint density at radius 1 is 1.12 bits per heavy atom. The minimum Gasteiger partial charge on any atom is -0.370 e. The Morgan fingerprint density at radius 2 is 1.88 bits per heavy atom. The number of benzene rings is 1. The molecular formula is C25H33ClN6O2. The van der Waals surface area contributed by atoms with Crippen molar-refractivity contribution in [2.45, 2.75) is 39.2 Å². The van der Waals surface area contributed by atoms with Crippen molar-refractivity contribution in [2.24, 2.45) is 5.41 Å². The van der Waals surface area contributed by atoms with Gasteiger partial charge in [-0.1, -0.05) is 17.7 Å². The lowest BCUT2D eigenvalue weighted by Crippen LogP contribution is -2.36. The Bertz CT molecular complexity index is 1080. The van der Waals surface area contributed by atoms with Crippen LogP contribution in [0.1, 0.15) is 38.2 Å². The molecule has 5 rings (SSSR count). The van der Waals surface area contributed by atoms with Crippen LogP contribution in [-0.4, -0.2) is 77.8 Å². The van der Waals surface area contributed by atoms with Crippen LogP contribution < -0.4 is 9.80 Å².